The molecule has 254 valence electrons. The summed E-state index contributed by atoms with van der Waals surface area (Å²) < 4.78 is 11.1. The van der Waals surface area contributed by atoms with Crippen LogP contribution in [-0.4, -0.2) is 25.2 Å². The van der Waals surface area contributed by atoms with Crippen molar-refractivity contribution in [2.75, 3.05) is 13.2 Å². The molecule has 0 aromatic heterocycles. The highest BCUT2D eigenvalue weighted by Crippen LogP contribution is 2.55. The highest BCUT2D eigenvalue weighted by Gasteiger charge is 2.42. The Bertz CT molecular complexity index is 2160. The summed E-state index contributed by atoms with van der Waals surface area (Å²) >= 11 is 0. The predicted octanol–water partition coefficient (Wildman–Crippen LogP) is 11.4. The number of benzene rings is 6. The maximum absolute atomic E-state index is 12.3. The van der Waals surface area contributed by atoms with Crippen LogP contribution in [0.1, 0.15) is 50.7 Å². The van der Waals surface area contributed by atoms with E-state index in [1.807, 2.05) is 0 Å². The van der Waals surface area contributed by atoms with E-state index in [-0.39, 0.29) is 17.4 Å². The smallest absolute Gasteiger partial charge is 0.333 e. The van der Waals surface area contributed by atoms with Crippen LogP contribution < -0.4 is 0 Å². The van der Waals surface area contributed by atoms with E-state index in [1.165, 1.54) is 54.9 Å². The van der Waals surface area contributed by atoms with Gasteiger partial charge in [0.25, 0.3) is 0 Å². The Balaban J connectivity index is 1.33. The Labute approximate surface area is 300 Å². The van der Waals surface area contributed by atoms with Crippen molar-refractivity contribution in [2.45, 2.75) is 44.9 Å². The average Bonchev–Trinajstić information content (AvgIpc) is 3.42. The molecule has 0 saturated heterocycles. The van der Waals surface area contributed by atoms with Crippen LogP contribution in [0.4, 0.5) is 0 Å². The first-order valence-electron chi connectivity index (χ1n) is 17.7. The van der Waals surface area contributed by atoms with Crippen LogP contribution in [0.15, 0.2) is 146 Å². The van der Waals surface area contributed by atoms with Crippen molar-refractivity contribution in [3.63, 3.8) is 0 Å². The van der Waals surface area contributed by atoms with Crippen molar-refractivity contribution in [3.05, 3.63) is 157 Å². The Kier molecular flexibility index (Phi) is 9.42. The number of esters is 2. The summed E-state index contributed by atoms with van der Waals surface area (Å²) in [6.45, 7) is 11.4. The van der Waals surface area contributed by atoms with Crippen molar-refractivity contribution < 1.29 is 19.1 Å². The summed E-state index contributed by atoms with van der Waals surface area (Å²) in [6.07, 6.45) is 2.86. The van der Waals surface area contributed by atoms with Gasteiger partial charge in [-0.05, 0) is 130 Å². The van der Waals surface area contributed by atoms with Gasteiger partial charge >= 0.3 is 11.9 Å². The van der Waals surface area contributed by atoms with Crippen LogP contribution in [0.2, 0.25) is 0 Å². The predicted molar refractivity (Wildman–Crippen MR) is 209 cm³/mol. The normalized spacial score (nSPS) is 12.7. The zero-order chi connectivity index (χ0) is 35.5. The third-order valence-electron chi connectivity index (χ3n) is 10.2. The van der Waals surface area contributed by atoms with Gasteiger partial charge < -0.3 is 9.47 Å². The molecule has 51 heavy (non-hydrogen) atoms. The van der Waals surface area contributed by atoms with Gasteiger partial charge in [0.15, 0.2) is 0 Å². The standard InChI is InChI=1S/C47H42O4/c1-31(2)45(48)50-25-9-23-47(24-10-26-51-46(49)32(3)4)43-21-19-39(37-17-15-33-11-5-7-13-35(33)27-37)29-41(43)42-30-40(20-22-44(42)47)38-18-16-34-12-6-8-14-36(34)28-38/h5-8,11-22,27-30H,1,3,9-10,23-26H2,2,4H3. The van der Waals surface area contributed by atoms with Crippen LogP contribution in [0.25, 0.3) is 54.9 Å². The fourth-order valence-electron chi connectivity index (χ4n) is 7.60. The molecule has 0 N–H and O–H groups in total. The Morgan fingerprint density at radius 3 is 1.29 bits per heavy atom. The van der Waals surface area contributed by atoms with Gasteiger partial charge in [-0.15, -0.1) is 0 Å². The average molecular weight is 671 g/mol. The molecule has 1 aliphatic rings. The topological polar surface area (TPSA) is 52.6 Å². The zero-order valence-corrected chi connectivity index (χ0v) is 29.3. The Morgan fingerprint density at radius 2 is 0.882 bits per heavy atom. The molecule has 1 aliphatic carbocycles. The van der Waals surface area contributed by atoms with E-state index in [0.717, 1.165) is 24.0 Å². The SMILES string of the molecule is C=C(C)C(=O)OCCCC1(CCCOC(=O)C(=C)C)c2ccc(-c3ccc4ccccc4c3)cc2-c2cc(-c3ccc4ccccc4c3)ccc21. The van der Waals surface area contributed by atoms with Gasteiger partial charge in [0, 0.05) is 16.6 Å². The largest absolute Gasteiger partial charge is 0.462 e. The molecule has 0 spiro atoms. The summed E-state index contributed by atoms with van der Waals surface area (Å²) in [5, 5.41) is 4.84. The number of hydrogen-bond acceptors (Lipinski definition) is 4. The summed E-state index contributed by atoms with van der Waals surface area (Å²) in [5.41, 5.74) is 9.95. The molecule has 4 heteroatoms. The summed E-state index contributed by atoms with van der Waals surface area (Å²) in [5.74, 6) is -0.744. The van der Waals surface area contributed by atoms with Gasteiger partial charge in [-0.3, -0.25) is 0 Å². The number of hydrogen-bond donors (Lipinski definition) is 0. The van der Waals surface area contributed by atoms with Gasteiger partial charge in [-0.25, -0.2) is 9.59 Å². The molecular formula is C47H42O4. The van der Waals surface area contributed by atoms with E-state index in [2.05, 4.69) is 134 Å². The molecule has 0 radical (unpaired) electrons. The molecule has 0 unspecified atom stereocenters. The number of ether oxygens (including phenoxy) is 2. The lowest BCUT2D eigenvalue weighted by molar-refractivity contribution is -0.139. The van der Waals surface area contributed by atoms with Crippen LogP contribution in [0.5, 0.6) is 0 Å². The van der Waals surface area contributed by atoms with Crippen molar-refractivity contribution in [1.82, 2.24) is 0 Å². The number of rotatable bonds is 12. The molecule has 0 atom stereocenters. The fourth-order valence-corrected chi connectivity index (χ4v) is 7.60. The van der Waals surface area contributed by atoms with E-state index >= 15 is 0 Å². The van der Waals surface area contributed by atoms with Crippen molar-refractivity contribution >= 4 is 33.5 Å². The molecule has 0 amide bonds. The minimum atomic E-state index is -0.375. The van der Waals surface area contributed by atoms with Crippen LogP contribution in [0.3, 0.4) is 0 Å². The number of carbonyl (C=O) groups is 2. The molecule has 6 aromatic carbocycles. The molecule has 4 nitrogen and oxygen atoms in total. The second-order valence-electron chi connectivity index (χ2n) is 13.8. The molecule has 0 aliphatic heterocycles. The minimum Gasteiger partial charge on any atom is -0.462 e. The molecule has 0 fully saturated rings. The van der Waals surface area contributed by atoms with Crippen LogP contribution in [-0.2, 0) is 24.5 Å². The zero-order valence-electron chi connectivity index (χ0n) is 29.3. The van der Waals surface area contributed by atoms with Gasteiger partial charge in [0.2, 0.25) is 0 Å². The minimum absolute atomic E-state index is 0.299. The van der Waals surface area contributed by atoms with Crippen molar-refractivity contribution in [2.24, 2.45) is 0 Å². The molecule has 0 heterocycles. The quantitative estimate of drug-likeness (QED) is 0.0739. The number of fused-ring (bicyclic) bond motifs is 5. The highest BCUT2D eigenvalue weighted by molar-refractivity contribution is 5.92. The molecule has 0 saturated carbocycles. The van der Waals surface area contributed by atoms with Gasteiger partial charge in [-0.2, -0.15) is 0 Å². The number of carbonyl (C=O) groups excluding carboxylic acids is 2. The van der Waals surface area contributed by atoms with Crippen LogP contribution in [0, 0.1) is 0 Å². The van der Waals surface area contributed by atoms with Gasteiger partial charge in [-0.1, -0.05) is 110 Å². The van der Waals surface area contributed by atoms with Crippen molar-refractivity contribution in [1.29, 1.82) is 0 Å². The highest BCUT2D eigenvalue weighted by atomic mass is 16.5. The lowest BCUT2D eigenvalue weighted by atomic mass is 9.71. The fraction of sp³-hybridized carbons (Fsp3) is 0.191. The maximum atomic E-state index is 12.3. The Hall–Kier alpha value is -5.74. The summed E-state index contributed by atoms with van der Waals surface area (Å²) in [6, 6.07) is 43.9. The molecule has 6 aromatic rings. The van der Waals surface area contributed by atoms with Crippen LogP contribution >= 0.6 is 0 Å². The third-order valence-corrected chi connectivity index (χ3v) is 10.2. The van der Waals surface area contributed by atoms with Gasteiger partial charge in [0.1, 0.15) is 0 Å². The van der Waals surface area contributed by atoms with Gasteiger partial charge in [0.05, 0.1) is 13.2 Å². The maximum Gasteiger partial charge on any atom is 0.333 e. The second kappa shape index (κ2) is 14.2. The lowest BCUT2D eigenvalue weighted by Gasteiger charge is -2.33. The van der Waals surface area contributed by atoms with E-state index in [4.69, 9.17) is 9.47 Å². The molecular weight excluding hydrogens is 629 g/mol. The Morgan fingerprint density at radius 1 is 0.510 bits per heavy atom. The lowest BCUT2D eigenvalue weighted by Crippen LogP contribution is -2.27. The molecule has 7 rings (SSSR count). The second-order valence-corrected chi connectivity index (χ2v) is 13.8. The first-order chi connectivity index (χ1) is 24.7. The first-order valence-corrected chi connectivity index (χ1v) is 17.7. The van der Waals surface area contributed by atoms with E-state index in [1.54, 1.807) is 13.8 Å². The third kappa shape index (κ3) is 6.74. The summed E-state index contributed by atoms with van der Waals surface area (Å²) in [7, 11) is 0. The van der Waals surface area contributed by atoms with Crippen molar-refractivity contribution in [3.8, 4) is 33.4 Å². The monoisotopic (exact) mass is 670 g/mol. The summed E-state index contributed by atoms with van der Waals surface area (Å²) in [4.78, 5) is 24.6. The molecule has 0 bridgehead atoms. The van der Waals surface area contributed by atoms with E-state index in [9.17, 15) is 9.59 Å². The first kappa shape index (κ1) is 33.7. The van der Waals surface area contributed by atoms with E-state index in [0.29, 0.717) is 37.2 Å². The van der Waals surface area contributed by atoms with E-state index < -0.39 is 0 Å².